The molecule has 0 spiro atoms. The van der Waals surface area contributed by atoms with Gasteiger partial charge in [0.15, 0.2) is 17.6 Å². The van der Waals surface area contributed by atoms with E-state index in [2.05, 4.69) is 10.2 Å². The van der Waals surface area contributed by atoms with E-state index in [1.54, 1.807) is 13.2 Å². The minimum Gasteiger partial charge on any atom is -0.385 e. The highest BCUT2D eigenvalue weighted by Crippen LogP contribution is 2.19. The monoisotopic (exact) mass is 397 g/mol. The van der Waals surface area contributed by atoms with Crippen LogP contribution in [0.25, 0.3) is 0 Å². The van der Waals surface area contributed by atoms with Crippen molar-refractivity contribution in [2.75, 3.05) is 46.5 Å². The number of benzene rings is 1. The van der Waals surface area contributed by atoms with E-state index in [1.165, 1.54) is 12.1 Å². The zero-order valence-corrected chi connectivity index (χ0v) is 17.2. The van der Waals surface area contributed by atoms with Gasteiger partial charge in [0, 0.05) is 52.4 Å². The molecule has 0 aromatic heterocycles. The van der Waals surface area contributed by atoms with Crippen LogP contribution in [0.4, 0.5) is 8.78 Å². The molecule has 1 aliphatic heterocycles. The van der Waals surface area contributed by atoms with Gasteiger partial charge in [-0.15, -0.1) is 0 Å². The van der Waals surface area contributed by atoms with Crippen LogP contribution >= 0.6 is 0 Å². The van der Waals surface area contributed by atoms with Crippen LogP contribution in [-0.2, 0) is 9.47 Å². The highest BCUT2D eigenvalue weighted by molar-refractivity contribution is 5.80. The van der Waals surface area contributed by atoms with Crippen molar-refractivity contribution in [1.29, 1.82) is 0 Å². The smallest absolute Gasteiger partial charge is 0.193 e. The average Bonchev–Trinajstić information content (AvgIpc) is 2.71. The van der Waals surface area contributed by atoms with Crippen molar-refractivity contribution in [3.8, 4) is 0 Å². The van der Waals surface area contributed by atoms with Crippen LogP contribution in [0.1, 0.15) is 44.6 Å². The van der Waals surface area contributed by atoms with Gasteiger partial charge < -0.3 is 19.7 Å². The molecule has 28 heavy (non-hydrogen) atoms. The Morgan fingerprint density at radius 2 is 2.00 bits per heavy atom. The van der Waals surface area contributed by atoms with Crippen LogP contribution in [0, 0.1) is 11.6 Å². The molecule has 0 aliphatic carbocycles. The van der Waals surface area contributed by atoms with Crippen LogP contribution in [-0.4, -0.2) is 63.5 Å². The fraction of sp³-hybridized carbons (Fsp3) is 0.667. The third-order valence-electron chi connectivity index (χ3n) is 4.95. The first-order valence-corrected chi connectivity index (χ1v) is 10.1. The summed E-state index contributed by atoms with van der Waals surface area (Å²) in [6.45, 7) is 8.55. The van der Waals surface area contributed by atoms with E-state index in [9.17, 15) is 8.78 Å². The van der Waals surface area contributed by atoms with Gasteiger partial charge in [0.1, 0.15) is 0 Å². The Kier molecular flexibility index (Phi) is 9.64. The summed E-state index contributed by atoms with van der Waals surface area (Å²) in [5, 5.41) is 3.34. The van der Waals surface area contributed by atoms with E-state index in [-0.39, 0.29) is 12.0 Å². The Morgan fingerprint density at radius 1 is 1.25 bits per heavy atom. The summed E-state index contributed by atoms with van der Waals surface area (Å²) < 4.78 is 37.6. The minimum absolute atomic E-state index is 0.00501. The first-order chi connectivity index (χ1) is 13.5. The number of methoxy groups -OCH3 is 1. The van der Waals surface area contributed by atoms with E-state index >= 15 is 0 Å². The largest absolute Gasteiger partial charge is 0.385 e. The molecule has 0 amide bonds. The van der Waals surface area contributed by atoms with Crippen LogP contribution in [0.3, 0.4) is 0 Å². The van der Waals surface area contributed by atoms with Crippen molar-refractivity contribution in [1.82, 2.24) is 10.2 Å². The van der Waals surface area contributed by atoms with E-state index in [4.69, 9.17) is 14.5 Å². The van der Waals surface area contributed by atoms with Crippen LogP contribution < -0.4 is 5.32 Å². The van der Waals surface area contributed by atoms with Crippen LogP contribution in [0.15, 0.2) is 23.2 Å². The first-order valence-electron chi connectivity index (χ1n) is 10.1. The molecule has 1 atom stereocenters. The van der Waals surface area contributed by atoms with Crippen molar-refractivity contribution < 1.29 is 18.3 Å². The Balaban J connectivity index is 1.87. The molecule has 0 saturated carbocycles. The Morgan fingerprint density at radius 3 is 2.64 bits per heavy atom. The number of hydrogen-bond donors (Lipinski definition) is 1. The van der Waals surface area contributed by atoms with E-state index in [1.807, 2.05) is 13.8 Å². The van der Waals surface area contributed by atoms with Crippen molar-refractivity contribution >= 4 is 5.96 Å². The number of piperidine rings is 1. The first kappa shape index (κ1) is 22.6. The molecule has 1 saturated heterocycles. The number of likely N-dealkylation sites (tertiary alicyclic amines) is 1. The van der Waals surface area contributed by atoms with Crippen molar-refractivity contribution in [3.05, 3.63) is 35.4 Å². The van der Waals surface area contributed by atoms with Gasteiger partial charge in [-0.25, -0.2) is 8.78 Å². The quantitative estimate of drug-likeness (QED) is 0.393. The second-order valence-electron chi connectivity index (χ2n) is 7.17. The predicted molar refractivity (Wildman–Crippen MR) is 108 cm³/mol. The van der Waals surface area contributed by atoms with E-state index in [0.29, 0.717) is 6.54 Å². The number of aliphatic imine (C=N–C) groups is 1. The van der Waals surface area contributed by atoms with Gasteiger partial charge in [-0.05, 0) is 43.9 Å². The van der Waals surface area contributed by atoms with Crippen molar-refractivity contribution in [3.63, 3.8) is 0 Å². The number of nitrogens with one attached hydrogen (secondary N) is 1. The number of halogens is 2. The number of nitrogens with zero attached hydrogens (tertiary/aromatic N) is 2. The molecule has 0 radical (unpaired) electrons. The van der Waals surface area contributed by atoms with Gasteiger partial charge in [-0.3, -0.25) is 4.99 Å². The average molecular weight is 398 g/mol. The summed E-state index contributed by atoms with van der Waals surface area (Å²) >= 11 is 0. The van der Waals surface area contributed by atoms with Crippen molar-refractivity contribution in [2.45, 2.75) is 45.1 Å². The fourth-order valence-corrected chi connectivity index (χ4v) is 3.26. The normalized spacial score (nSPS) is 17.0. The summed E-state index contributed by atoms with van der Waals surface area (Å²) in [5.74, 6) is -0.756. The Labute approximate surface area is 167 Å². The zero-order chi connectivity index (χ0) is 20.4. The van der Waals surface area contributed by atoms with Gasteiger partial charge in [0.2, 0.25) is 0 Å². The molecule has 158 valence electrons. The third-order valence-corrected chi connectivity index (χ3v) is 4.95. The molecular formula is C21H33F2N3O2. The van der Waals surface area contributed by atoms with Gasteiger partial charge >= 0.3 is 0 Å². The lowest BCUT2D eigenvalue weighted by Crippen LogP contribution is -2.47. The molecule has 0 bridgehead atoms. The summed E-state index contributed by atoms with van der Waals surface area (Å²) in [6.07, 6.45) is 3.15. The minimum atomic E-state index is -0.819. The highest BCUT2D eigenvalue weighted by atomic mass is 19.2. The molecular weight excluding hydrogens is 364 g/mol. The number of guanidine groups is 1. The number of rotatable bonds is 9. The zero-order valence-electron chi connectivity index (χ0n) is 17.2. The van der Waals surface area contributed by atoms with Gasteiger partial charge in [0.05, 0.1) is 6.10 Å². The lowest BCUT2D eigenvalue weighted by molar-refractivity contribution is 0.00990. The lowest BCUT2D eigenvalue weighted by Gasteiger charge is -2.34. The molecule has 1 unspecified atom stereocenters. The predicted octanol–water partition coefficient (Wildman–Crippen LogP) is 3.55. The maximum absolute atomic E-state index is 13.5. The summed E-state index contributed by atoms with van der Waals surface area (Å²) in [7, 11) is 1.70. The molecule has 1 fully saturated rings. The topological polar surface area (TPSA) is 46.1 Å². The summed E-state index contributed by atoms with van der Waals surface area (Å²) in [5.41, 5.74) is 0.752. The molecule has 1 N–H and O–H groups in total. The number of ether oxygens (including phenoxy) is 2. The summed E-state index contributed by atoms with van der Waals surface area (Å²) in [4.78, 5) is 6.98. The SMILES string of the molecule is CCNC(=NCC(C)c1ccc(F)c(F)c1)N1CCC(OCCCOC)CC1. The van der Waals surface area contributed by atoms with Gasteiger partial charge in [-0.2, -0.15) is 0 Å². The second kappa shape index (κ2) is 12.0. The molecule has 1 aliphatic rings. The Bertz CT molecular complexity index is 620. The highest BCUT2D eigenvalue weighted by Gasteiger charge is 2.22. The fourth-order valence-electron chi connectivity index (χ4n) is 3.26. The van der Waals surface area contributed by atoms with E-state index in [0.717, 1.165) is 63.6 Å². The molecule has 1 aromatic carbocycles. The molecule has 5 nitrogen and oxygen atoms in total. The van der Waals surface area contributed by atoms with Crippen LogP contribution in [0.5, 0.6) is 0 Å². The second-order valence-corrected chi connectivity index (χ2v) is 7.17. The standard InChI is InChI=1S/C21H33F2N3O2/c1-4-24-21(25-15-16(2)17-6-7-19(22)20(23)14-17)26-10-8-18(9-11-26)28-13-5-12-27-3/h6-7,14,16,18H,4-5,8-13,15H2,1-3H3,(H,24,25). The van der Waals surface area contributed by atoms with Crippen LogP contribution in [0.2, 0.25) is 0 Å². The molecule has 1 heterocycles. The molecule has 1 aromatic rings. The molecule has 7 heteroatoms. The summed E-state index contributed by atoms with van der Waals surface area (Å²) in [6, 6.07) is 4.06. The van der Waals surface area contributed by atoms with Gasteiger partial charge in [0.25, 0.3) is 0 Å². The third kappa shape index (κ3) is 7.02. The number of hydrogen-bond acceptors (Lipinski definition) is 3. The lowest BCUT2D eigenvalue weighted by atomic mass is 10.0. The maximum Gasteiger partial charge on any atom is 0.193 e. The van der Waals surface area contributed by atoms with E-state index < -0.39 is 11.6 Å². The van der Waals surface area contributed by atoms with Gasteiger partial charge in [-0.1, -0.05) is 13.0 Å². The maximum atomic E-state index is 13.5. The molecule has 2 rings (SSSR count). The van der Waals surface area contributed by atoms with Crippen molar-refractivity contribution in [2.24, 2.45) is 4.99 Å². The Hall–Kier alpha value is -1.73.